The summed E-state index contributed by atoms with van der Waals surface area (Å²) in [5.74, 6) is -0.364. The number of carbonyl (C=O) groups is 1. The zero-order chi connectivity index (χ0) is 13.7. The number of nitrogens with two attached hydrogens (primary N) is 1. The predicted octanol–water partition coefficient (Wildman–Crippen LogP) is 3.80. The summed E-state index contributed by atoms with van der Waals surface area (Å²) < 4.78 is 0. The van der Waals surface area contributed by atoms with Gasteiger partial charge in [-0.15, -0.1) is 0 Å². The smallest absolute Gasteiger partial charge is 0.249 e. The highest BCUT2D eigenvalue weighted by Gasteiger charge is 2.13. The monoisotopic (exact) mass is 253 g/mol. The maximum Gasteiger partial charge on any atom is 0.249 e. The van der Waals surface area contributed by atoms with Gasteiger partial charge < -0.3 is 5.73 Å². The summed E-state index contributed by atoms with van der Waals surface area (Å²) in [6.07, 6.45) is 3.22. The highest BCUT2D eigenvalue weighted by molar-refractivity contribution is 6.00. The number of unbranched alkanes of at least 4 members (excludes halogenated alkanes) is 1. The summed E-state index contributed by atoms with van der Waals surface area (Å²) in [5, 5.41) is 0. The number of amides is 1. The molecule has 0 bridgehead atoms. The van der Waals surface area contributed by atoms with Gasteiger partial charge in [0.1, 0.15) is 0 Å². The van der Waals surface area contributed by atoms with E-state index in [2.05, 4.69) is 13.0 Å². The molecule has 0 unspecified atom stereocenters. The molecule has 0 saturated carbocycles. The van der Waals surface area contributed by atoms with Gasteiger partial charge in [-0.05, 0) is 35.6 Å². The Bertz CT molecular complexity index is 561. The zero-order valence-corrected chi connectivity index (χ0v) is 11.2. The van der Waals surface area contributed by atoms with Crippen molar-refractivity contribution in [2.24, 2.45) is 5.73 Å². The van der Waals surface area contributed by atoms with Crippen LogP contribution in [0.4, 0.5) is 0 Å². The normalized spacial score (nSPS) is 10.4. The molecule has 98 valence electrons. The van der Waals surface area contributed by atoms with E-state index in [1.54, 1.807) is 6.07 Å². The second-order valence-electron chi connectivity index (χ2n) is 4.67. The highest BCUT2D eigenvalue weighted by atomic mass is 16.1. The summed E-state index contributed by atoms with van der Waals surface area (Å²) in [6, 6.07) is 15.8. The maximum absolute atomic E-state index is 11.6. The molecule has 1 amide bonds. The Balaban J connectivity index is 2.56. The minimum Gasteiger partial charge on any atom is -0.366 e. The van der Waals surface area contributed by atoms with Crippen LogP contribution in [0.3, 0.4) is 0 Å². The molecule has 0 aromatic heterocycles. The van der Waals surface area contributed by atoms with Gasteiger partial charge in [0.2, 0.25) is 5.91 Å². The van der Waals surface area contributed by atoms with E-state index in [0.29, 0.717) is 5.56 Å². The van der Waals surface area contributed by atoms with Gasteiger partial charge in [0, 0.05) is 5.56 Å². The molecule has 0 spiro atoms. The number of hydrogen-bond donors (Lipinski definition) is 1. The van der Waals surface area contributed by atoms with Crippen molar-refractivity contribution in [1.29, 1.82) is 0 Å². The van der Waals surface area contributed by atoms with E-state index >= 15 is 0 Å². The molecular formula is C17H19NO. The van der Waals surface area contributed by atoms with Crippen LogP contribution in [-0.2, 0) is 6.42 Å². The van der Waals surface area contributed by atoms with Crippen molar-refractivity contribution < 1.29 is 4.79 Å². The van der Waals surface area contributed by atoms with Crippen molar-refractivity contribution in [1.82, 2.24) is 0 Å². The topological polar surface area (TPSA) is 43.1 Å². The predicted molar refractivity (Wildman–Crippen MR) is 79.0 cm³/mol. The van der Waals surface area contributed by atoms with E-state index in [1.807, 2.05) is 36.4 Å². The lowest BCUT2D eigenvalue weighted by atomic mass is 9.91. The number of benzene rings is 2. The lowest BCUT2D eigenvalue weighted by Gasteiger charge is -2.13. The van der Waals surface area contributed by atoms with Gasteiger partial charge in [-0.1, -0.05) is 55.8 Å². The second-order valence-corrected chi connectivity index (χ2v) is 4.67. The van der Waals surface area contributed by atoms with Crippen LogP contribution in [0.25, 0.3) is 11.1 Å². The van der Waals surface area contributed by atoms with Crippen LogP contribution < -0.4 is 5.73 Å². The Morgan fingerprint density at radius 3 is 2.42 bits per heavy atom. The molecule has 2 nitrogen and oxygen atoms in total. The van der Waals surface area contributed by atoms with E-state index in [-0.39, 0.29) is 5.91 Å². The Morgan fingerprint density at radius 1 is 1.05 bits per heavy atom. The summed E-state index contributed by atoms with van der Waals surface area (Å²) in [4.78, 5) is 11.6. The third-order valence-electron chi connectivity index (χ3n) is 3.28. The molecule has 2 heteroatoms. The van der Waals surface area contributed by atoms with Crippen LogP contribution in [0.2, 0.25) is 0 Å². The van der Waals surface area contributed by atoms with Crippen LogP contribution in [-0.4, -0.2) is 5.91 Å². The number of rotatable bonds is 5. The highest BCUT2D eigenvalue weighted by Crippen LogP contribution is 2.28. The standard InChI is InChI=1S/C17H19NO/c1-2-3-8-13-11-7-12-15(17(18)19)16(13)14-9-5-4-6-10-14/h4-7,9-12H,2-3,8H2,1H3,(H2,18,19). The Hall–Kier alpha value is -2.09. The molecular weight excluding hydrogens is 234 g/mol. The Morgan fingerprint density at radius 2 is 1.79 bits per heavy atom. The van der Waals surface area contributed by atoms with Gasteiger partial charge in [0.15, 0.2) is 0 Å². The van der Waals surface area contributed by atoms with E-state index in [1.165, 1.54) is 5.56 Å². The molecule has 0 saturated heterocycles. The number of aryl methyl sites for hydroxylation is 1. The number of carbonyl (C=O) groups excluding carboxylic acids is 1. The molecule has 2 aromatic rings. The first-order chi connectivity index (χ1) is 9.24. The average molecular weight is 253 g/mol. The molecule has 19 heavy (non-hydrogen) atoms. The fraction of sp³-hybridized carbons (Fsp3) is 0.235. The van der Waals surface area contributed by atoms with Crippen LogP contribution in [0.5, 0.6) is 0 Å². The van der Waals surface area contributed by atoms with Crippen molar-refractivity contribution in [2.75, 3.05) is 0 Å². The second kappa shape index (κ2) is 6.19. The third kappa shape index (κ3) is 3.02. The van der Waals surface area contributed by atoms with Crippen molar-refractivity contribution in [3.8, 4) is 11.1 Å². The lowest BCUT2D eigenvalue weighted by molar-refractivity contribution is 0.100. The van der Waals surface area contributed by atoms with Gasteiger partial charge in [0.05, 0.1) is 0 Å². The molecule has 2 N–H and O–H groups in total. The van der Waals surface area contributed by atoms with Gasteiger partial charge in [0.25, 0.3) is 0 Å². The molecule has 2 aromatic carbocycles. The van der Waals surface area contributed by atoms with E-state index in [0.717, 1.165) is 30.4 Å². The van der Waals surface area contributed by atoms with E-state index in [9.17, 15) is 4.79 Å². The SMILES string of the molecule is CCCCc1cccc(C(N)=O)c1-c1ccccc1. The molecule has 0 aliphatic heterocycles. The van der Waals surface area contributed by atoms with Crippen molar-refractivity contribution in [2.45, 2.75) is 26.2 Å². The van der Waals surface area contributed by atoms with Crippen molar-refractivity contribution in [3.05, 3.63) is 59.7 Å². The van der Waals surface area contributed by atoms with Crippen LogP contribution in [0.15, 0.2) is 48.5 Å². The average Bonchev–Trinajstić information content (AvgIpc) is 2.45. The first kappa shape index (κ1) is 13.3. The molecule has 0 fully saturated rings. The Kier molecular flexibility index (Phi) is 4.35. The Labute approximate surface area is 114 Å². The van der Waals surface area contributed by atoms with Gasteiger partial charge in [-0.25, -0.2) is 0 Å². The van der Waals surface area contributed by atoms with Crippen LogP contribution >= 0.6 is 0 Å². The fourth-order valence-corrected chi connectivity index (χ4v) is 2.33. The summed E-state index contributed by atoms with van der Waals surface area (Å²) in [5.41, 5.74) is 9.37. The first-order valence-electron chi connectivity index (χ1n) is 6.71. The van der Waals surface area contributed by atoms with Crippen LogP contribution in [0.1, 0.15) is 35.7 Å². The molecule has 2 rings (SSSR count). The third-order valence-corrected chi connectivity index (χ3v) is 3.28. The van der Waals surface area contributed by atoms with Gasteiger partial charge >= 0.3 is 0 Å². The van der Waals surface area contributed by atoms with Crippen molar-refractivity contribution in [3.63, 3.8) is 0 Å². The summed E-state index contributed by atoms with van der Waals surface area (Å²) in [7, 11) is 0. The number of primary amides is 1. The lowest BCUT2D eigenvalue weighted by Crippen LogP contribution is -2.13. The van der Waals surface area contributed by atoms with Gasteiger partial charge in [-0.3, -0.25) is 4.79 Å². The minimum atomic E-state index is -0.364. The molecule has 0 aliphatic rings. The zero-order valence-electron chi connectivity index (χ0n) is 11.2. The largest absolute Gasteiger partial charge is 0.366 e. The fourth-order valence-electron chi connectivity index (χ4n) is 2.33. The molecule has 0 heterocycles. The van der Waals surface area contributed by atoms with E-state index < -0.39 is 0 Å². The molecule has 0 atom stereocenters. The molecule has 0 aliphatic carbocycles. The number of hydrogen-bond acceptors (Lipinski definition) is 1. The minimum absolute atomic E-state index is 0.364. The van der Waals surface area contributed by atoms with Gasteiger partial charge in [-0.2, -0.15) is 0 Å². The van der Waals surface area contributed by atoms with Crippen LogP contribution in [0, 0.1) is 0 Å². The molecule has 0 radical (unpaired) electrons. The van der Waals surface area contributed by atoms with Crippen molar-refractivity contribution >= 4 is 5.91 Å². The maximum atomic E-state index is 11.6. The summed E-state index contributed by atoms with van der Waals surface area (Å²) in [6.45, 7) is 2.17. The summed E-state index contributed by atoms with van der Waals surface area (Å²) >= 11 is 0. The van der Waals surface area contributed by atoms with E-state index in [4.69, 9.17) is 5.73 Å². The first-order valence-corrected chi connectivity index (χ1v) is 6.71. The quantitative estimate of drug-likeness (QED) is 0.865.